The van der Waals surface area contributed by atoms with Gasteiger partial charge in [0.15, 0.2) is 0 Å². The Morgan fingerprint density at radius 3 is 2.73 bits per heavy atom. The number of carbonyl (C=O) groups is 1. The van der Waals surface area contributed by atoms with Crippen molar-refractivity contribution in [3.63, 3.8) is 0 Å². The Balaban J connectivity index is 1.77. The van der Waals surface area contributed by atoms with E-state index < -0.39 is 10.0 Å². The van der Waals surface area contributed by atoms with Crippen molar-refractivity contribution in [3.05, 3.63) is 41.2 Å². The predicted molar refractivity (Wildman–Crippen MR) is 96.6 cm³/mol. The fourth-order valence-electron chi connectivity index (χ4n) is 2.65. The maximum atomic E-state index is 12.9. The van der Waals surface area contributed by atoms with E-state index in [-0.39, 0.29) is 17.3 Å². The number of anilines is 1. The van der Waals surface area contributed by atoms with Crippen molar-refractivity contribution in [2.75, 3.05) is 31.6 Å². The number of amides is 1. The second-order valence-electron chi connectivity index (χ2n) is 5.90. The van der Waals surface area contributed by atoms with Crippen molar-refractivity contribution < 1.29 is 17.9 Å². The molecule has 1 N–H and O–H groups in total. The Morgan fingerprint density at radius 2 is 2.08 bits per heavy atom. The smallest absolute Gasteiger partial charge is 0.246 e. The number of hydrogen-bond acceptors (Lipinski definition) is 5. The van der Waals surface area contributed by atoms with Crippen LogP contribution in [0.5, 0.6) is 0 Å². The normalized spacial score (nSPS) is 15.8. The molecule has 1 aliphatic heterocycles. The summed E-state index contributed by atoms with van der Waals surface area (Å²) < 4.78 is 33.8. The molecule has 1 aromatic heterocycles. The first-order valence-electron chi connectivity index (χ1n) is 8.02. The lowest BCUT2D eigenvalue weighted by Gasteiger charge is -2.26. The third-order valence-corrected chi connectivity index (χ3v) is 6.20. The zero-order valence-electron chi connectivity index (χ0n) is 14.2. The molecule has 0 radical (unpaired) electrons. The lowest BCUT2D eigenvalue weighted by Crippen LogP contribution is -2.40. The van der Waals surface area contributed by atoms with Crippen molar-refractivity contribution in [2.45, 2.75) is 18.4 Å². The van der Waals surface area contributed by atoms with E-state index >= 15 is 0 Å². The lowest BCUT2D eigenvalue weighted by molar-refractivity contribution is -0.116. The number of benzene rings is 1. The second kappa shape index (κ2) is 7.75. The molecular weight excluding hydrogens is 380 g/mol. The Morgan fingerprint density at radius 1 is 1.35 bits per heavy atom. The van der Waals surface area contributed by atoms with Gasteiger partial charge in [0.2, 0.25) is 15.9 Å². The van der Waals surface area contributed by atoms with E-state index in [1.165, 1.54) is 27.4 Å². The average molecular weight is 399 g/mol. The minimum absolute atomic E-state index is 0.0217. The van der Waals surface area contributed by atoms with Gasteiger partial charge in [-0.15, -0.1) is 0 Å². The van der Waals surface area contributed by atoms with Gasteiger partial charge in [0.05, 0.1) is 29.3 Å². The van der Waals surface area contributed by atoms with Crippen molar-refractivity contribution >= 4 is 33.2 Å². The van der Waals surface area contributed by atoms with Crippen LogP contribution in [-0.4, -0.2) is 54.7 Å². The predicted octanol–water partition coefficient (Wildman–Crippen LogP) is 1.50. The molecule has 10 heteroatoms. The topological polar surface area (TPSA) is 93.5 Å². The van der Waals surface area contributed by atoms with E-state index in [1.807, 2.05) is 0 Å². The first-order valence-corrected chi connectivity index (χ1v) is 9.84. The number of hydrogen-bond donors (Lipinski definition) is 1. The molecule has 0 saturated carbocycles. The monoisotopic (exact) mass is 398 g/mol. The number of nitrogens with zero attached hydrogens (tertiary/aromatic N) is 3. The van der Waals surface area contributed by atoms with Gasteiger partial charge in [0.25, 0.3) is 0 Å². The minimum Gasteiger partial charge on any atom is -0.379 e. The van der Waals surface area contributed by atoms with Crippen LogP contribution in [0.1, 0.15) is 5.56 Å². The van der Waals surface area contributed by atoms with Crippen LogP contribution in [0.25, 0.3) is 0 Å². The summed E-state index contributed by atoms with van der Waals surface area (Å²) in [5, 5.41) is 7.07. The molecule has 1 saturated heterocycles. The van der Waals surface area contributed by atoms with Gasteiger partial charge >= 0.3 is 0 Å². The number of rotatable bonds is 5. The molecule has 2 aromatic rings. The van der Waals surface area contributed by atoms with Crippen molar-refractivity contribution in [1.82, 2.24) is 14.1 Å². The van der Waals surface area contributed by atoms with Crippen LogP contribution in [0.3, 0.4) is 0 Å². The summed E-state index contributed by atoms with van der Waals surface area (Å²) >= 11 is 5.77. The van der Waals surface area contributed by atoms with Crippen LogP contribution in [0, 0.1) is 6.92 Å². The molecule has 1 amide bonds. The van der Waals surface area contributed by atoms with Crippen LogP contribution in [0.4, 0.5) is 5.69 Å². The number of carbonyl (C=O) groups excluding carboxylic acids is 1. The first-order chi connectivity index (χ1) is 12.4. The maximum absolute atomic E-state index is 12.9. The summed E-state index contributed by atoms with van der Waals surface area (Å²) in [7, 11) is -3.64. The standard InChI is InChI=1S/C16H19ClN4O4S/c1-12-2-3-14(19-16(22)11-20-10-13(17)9-18-20)8-15(12)26(23,24)21-4-6-25-7-5-21/h2-3,8-10H,4-7,11H2,1H3,(H,19,22). The number of aromatic nitrogens is 2. The highest BCUT2D eigenvalue weighted by Crippen LogP contribution is 2.24. The van der Waals surface area contributed by atoms with Crippen LogP contribution in [-0.2, 0) is 26.1 Å². The van der Waals surface area contributed by atoms with Gasteiger partial charge in [-0.1, -0.05) is 17.7 Å². The number of ether oxygens (including phenoxy) is 1. The van der Waals surface area contributed by atoms with E-state index in [1.54, 1.807) is 19.1 Å². The lowest BCUT2D eigenvalue weighted by atomic mass is 10.2. The summed E-state index contributed by atoms with van der Waals surface area (Å²) in [6.07, 6.45) is 2.97. The molecular formula is C16H19ClN4O4S. The van der Waals surface area contributed by atoms with Gasteiger partial charge in [0, 0.05) is 25.0 Å². The molecule has 0 bridgehead atoms. The third kappa shape index (κ3) is 4.24. The Labute approximate surface area is 156 Å². The largest absolute Gasteiger partial charge is 0.379 e. The molecule has 8 nitrogen and oxygen atoms in total. The van der Waals surface area contributed by atoms with Crippen LogP contribution in [0.15, 0.2) is 35.5 Å². The van der Waals surface area contributed by atoms with E-state index in [4.69, 9.17) is 16.3 Å². The summed E-state index contributed by atoms with van der Waals surface area (Å²) in [6, 6.07) is 4.82. The highest BCUT2D eigenvalue weighted by atomic mass is 35.5. The van der Waals surface area contributed by atoms with Gasteiger partial charge in [-0.2, -0.15) is 9.40 Å². The Hall–Kier alpha value is -1.94. The average Bonchev–Trinajstić information content (AvgIpc) is 3.02. The summed E-state index contributed by atoms with van der Waals surface area (Å²) in [4.78, 5) is 12.3. The van der Waals surface area contributed by atoms with E-state index in [9.17, 15) is 13.2 Å². The van der Waals surface area contributed by atoms with Crippen molar-refractivity contribution in [2.24, 2.45) is 0 Å². The molecule has 1 fully saturated rings. The highest BCUT2D eigenvalue weighted by Gasteiger charge is 2.28. The summed E-state index contributed by atoms with van der Waals surface area (Å²) in [6.45, 7) is 3.09. The first kappa shape index (κ1) is 18.8. The molecule has 2 heterocycles. The van der Waals surface area contributed by atoms with Crippen LogP contribution < -0.4 is 5.32 Å². The molecule has 3 rings (SSSR count). The SMILES string of the molecule is Cc1ccc(NC(=O)Cn2cc(Cl)cn2)cc1S(=O)(=O)N1CCOCC1. The van der Waals surface area contributed by atoms with Gasteiger partial charge in [0.1, 0.15) is 6.54 Å². The Kier molecular flexibility index (Phi) is 5.61. The number of nitrogens with one attached hydrogen (secondary N) is 1. The number of morpholine rings is 1. The van der Waals surface area contributed by atoms with E-state index in [0.717, 1.165) is 0 Å². The van der Waals surface area contributed by atoms with Crippen LogP contribution in [0.2, 0.25) is 5.02 Å². The summed E-state index contributed by atoms with van der Waals surface area (Å²) in [5.74, 6) is -0.330. The zero-order valence-corrected chi connectivity index (χ0v) is 15.8. The summed E-state index contributed by atoms with van der Waals surface area (Å²) in [5.41, 5.74) is 1.03. The number of aryl methyl sites for hydroxylation is 1. The van der Waals surface area contributed by atoms with Gasteiger partial charge in [-0.25, -0.2) is 8.42 Å². The maximum Gasteiger partial charge on any atom is 0.246 e. The van der Waals surface area contributed by atoms with Gasteiger partial charge in [-0.05, 0) is 24.6 Å². The molecule has 0 unspecified atom stereocenters. The molecule has 1 aliphatic rings. The highest BCUT2D eigenvalue weighted by molar-refractivity contribution is 7.89. The van der Waals surface area contributed by atoms with Gasteiger partial charge < -0.3 is 10.1 Å². The molecule has 1 aromatic carbocycles. The van der Waals surface area contributed by atoms with Crippen molar-refractivity contribution in [3.8, 4) is 0 Å². The molecule has 26 heavy (non-hydrogen) atoms. The van der Waals surface area contributed by atoms with E-state index in [2.05, 4.69) is 10.4 Å². The second-order valence-corrected chi connectivity index (χ2v) is 8.24. The molecule has 0 spiro atoms. The molecule has 140 valence electrons. The van der Waals surface area contributed by atoms with Gasteiger partial charge in [-0.3, -0.25) is 9.48 Å². The number of sulfonamides is 1. The molecule has 0 atom stereocenters. The quantitative estimate of drug-likeness (QED) is 0.823. The van der Waals surface area contributed by atoms with Crippen LogP contribution >= 0.6 is 11.6 Å². The fraction of sp³-hybridized carbons (Fsp3) is 0.375. The zero-order chi connectivity index (χ0) is 18.7. The molecule has 0 aliphatic carbocycles. The van der Waals surface area contributed by atoms with Crippen molar-refractivity contribution in [1.29, 1.82) is 0 Å². The Bertz CT molecular complexity index is 907. The third-order valence-electron chi connectivity index (χ3n) is 3.97. The number of halogens is 1. The van der Waals surface area contributed by atoms with E-state index in [0.29, 0.717) is 42.6 Å². The minimum atomic E-state index is -3.64. The fourth-order valence-corrected chi connectivity index (χ4v) is 4.47.